The molecule has 3 nitrogen and oxygen atoms in total. The van der Waals surface area contributed by atoms with Crippen molar-refractivity contribution in [2.24, 2.45) is 17.8 Å². The third-order valence-corrected chi connectivity index (χ3v) is 7.24. The number of hydrogen-bond acceptors (Lipinski definition) is 2. The van der Waals surface area contributed by atoms with Crippen LogP contribution in [-0.4, -0.2) is 4.92 Å². The van der Waals surface area contributed by atoms with Crippen LogP contribution in [0.2, 0.25) is 0 Å². The first kappa shape index (κ1) is 21.2. The van der Waals surface area contributed by atoms with Crippen LogP contribution >= 0.6 is 0 Å². The quantitative estimate of drug-likeness (QED) is 0.273. The fraction of sp³-hybridized carbons (Fsp3) is 0.739. The van der Waals surface area contributed by atoms with E-state index in [1.54, 1.807) is 0 Å². The molecule has 2 fully saturated rings. The van der Waals surface area contributed by atoms with E-state index in [0.717, 1.165) is 43.4 Å². The molecule has 0 heterocycles. The normalized spacial score (nSPS) is 28.2. The van der Waals surface area contributed by atoms with Crippen molar-refractivity contribution in [3.63, 3.8) is 0 Å². The Kier molecular flexibility index (Phi) is 7.42. The van der Waals surface area contributed by atoms with E-state index in [0.29, 0.717) is 5.56 Å². The molecule has 156 valence electrons. The molecule has 0 aliphatic heterocycles. The summed E-state index contributed by atoms with van der Waals surface area (Å²) in [6.07, 6.45) is 14.9. The number of benzene rings is 1. The van der Waals surface area contributed by atoms with Gasteiger partial charge in [-0.2, -0.15) is 8.78 Å². The number of rotatable bonds is 7. The molecule has 0 spiro atoms. The molecule has 3 rings (SSSR count). The van der Waals surface area contributed by atoms with E-state index in [1.165, 1.54) is 63.5 Å². The van der Waals surface area contributed by atoms with Gasteiger partial charge in [-0.25, -0.2) is 0 Å². The van der Waals surface area contributed by atoms with Gasteiger partial charge in [0.05, 0.1) is 4.92 Å². The van der Waals surface area contributed by atoms with Gasteiger partial charge < -0.3 is 0 Å². The second-order valence-electron chi connectivity index (χ2n) is 8.98. The van der Waals surface area contributed by atoms with E-state index in [4.69, 9.17) is 0 Å². The molecule has 2 saturated carbocycles. The fourth-order valence-corrected chi connectivity index (χ4v) is 5.55. The molecule has 5 heteroatoms. The maximum Gasteiger partial charge on any atom is 0.340 e. The van der Waals surface area contributed by atoms with Gasteiger partial charge in [-0.3, -0.25) is 10.1 Å². The van der Waals surface area contributed by atoms with E-state index in [-0.39, 0.29) is 5.92 Å². The van der Waals surface area contributed by atoms with Crippen molar-refractivity contribution in [2.45, 2.75) is 89.9 Å². The highest BCUT2D eigenvalue weighted by molar-refractivity contribution is 5.38. The molecule has 0 N–H and O–H groups in total. The topological polar surface area (TPSA) is 43.1 Å². The molecule has 0 amide bonds. The summed E-state index contributed by atoms with van der Waals surface area (Å²) in [7, 11) is 0. The summed E-state index contributed by atoms with van der Waals surface area (Å²) in [5, 5.41) is 10.8. The number of halogens is 2. The predicted octanol–water partition coefficient (Wildman–Crippen LogP) is 7.53. The van der Waals surface area contributed by atoms with E-state index >= 15 is 0 Å². The van der Waals surface area contributed by atoms with E-state index < -0.39 is 22.2 Å². The average Bonchev–Trinajstić information content (AvgIpc) is 2.68. The SMILES string of the molecule is CCCCC[C@H]1CC[C@H]([C@H]2CC[C@H](c3cc(F)c([N+](=O)[O-])c(F)c3)CC2)CC1. The van der Waals surface area contributed by atoms with Gasteiger partial charge in [-0.15, -0.1) is 0 Å². The van der Waals surface area contributed by atoms with Crippen molar-refractivity contribution in [2.75, 3.05) is 0 Å². The predicted molar refractivity (Wildman–Crippen MR) is 107 cm³/mol. The molecule has 0 unspecified atom stereocenters. The Morgan fingerprint density at radius 3 is 1.96 bits per heavy atom. The van der Waals surface area contributed by atoms with Crippen LogP contribution in [0.5, 0.6) is 0 Å². The Hall–Kier alpha value is -1.52. The summed E-state index contributed by atoms with van der Waals surface area (Å²) < 4.78 is 27.9. The molecular formula is C23H33F2NO2. The van der Waals surface area contributed by atoms with Gasteiger partial charge in [-0.05, 0) is 79.9 Å². The first-order chi connectivity index (χ1) is 13.5. The van der Waals surface area contributed by atoms with Crippen molar-refractivity contribution < 1.29 is 13.7 Å². The molecule has 0 radical (unpaired) electrons. The van der Waals surface area contributed by atoms with Crippen LogP contribution in [0.4, 0.5) is 14.5 Å². The standard InChI is InChI=1S/C23H33F2NO2/c1-2-3-4-5-16-6-8-17(9-7-16)18-10-12-19(13-11-18)20-14-21(24)23(26(27)28)22(25)15-20/h14-19H,2-13H2,1H3/t16-,17-,18-,19-. The molecular weight excluding hydrogens is 360 g/mol. The first-order valence-corrected chi connectivity index (χ1v) is 11.1. The summed E-state index contributed by atoms with van der Waals surface area (Å²) in [5.74, 6) is 0.484. The van der Waals surface area contributed by atoms with Crippen molar-refractivity contribution in [1.82, 2.24) is 0 Å². The Morgan fingerprint density at radius 1 is 0.929 bits per heavy atom. The molecule has 2 aliphatic rings. The molecule has 0 bridgehead atoms. The van der Waals surface area contributed by atoms with Crippen LogP contribution in [0, 0.1) is 39.5 Å². The molecule has 1 aromatic carbocycles. The Morgan fingerprint density at radius 2 is 1.46 bits per heavy atom. The van der Waals surface area contributed by atoms with Gasteiger partial charge >= 0.3 is 5.69 Å². The maximum absolute atomic E-state index is 14.0. The molecule has 0 saturated heterocycles. The summed E-state index contributed by atoms with van der Waals surface area (Å²) >= 11 is 0. The first-order valence-electron chi connectivity index (χ1n) is 11.1. The lowest BCUT2D eigenvalue weighted by Crippen LogP contribution is -2.25. The minimum absolute atomic E-state index is 0.117. The van der Waals surface area contributed by atoms with Crippen LogP contribution < -0.4 is 0 Å². The number of nitrogens with zero attached hydrogens (tertiary/aromatic N) is 1. The van der Waals surface area contributed by atoms with Gasteiger partial charge in [0.15, 0.2) is 0 Å². The van der Waals surface area contributed by atoms with Crippen LogP contribution in [0.1, 0.15) is 95.5 Å². The van der Waals surface area contributed by atoms with Crippen molar-refractivity contribution in [3.05, 3.63) is 39.4 Å². The molecule has 1 aromatic rings. The van der Waals surface area contributed by atoms with Gasteiger partial charge in [0.1, 0.15) is 0 Å². The van der Waals surface area contributed by atoms with E-state index in [2.05, 4.69) is 6.92 Å². The highest BCUT2D eigenvalue weighted by atomic mass is 19.1. The Balaban J connectivity index is 1.49. The lowest BCUT2D eigenvalue weighted by molar-refractivity contribution is -0.390. The number of nitro benzene ring substituents is 1. The molecule has 28 heavy (non-hydrogen) atoms. The van der Waals surface area contributed by atoms with E-state index in [9.17, 15) is 18.9 Å². The lowest BCUT2D eigenvalue weighted by atomic mass is 9.68. The summed E-state index contributed by atoms with van der Waals surface area (Å²) in [6, 6.07) is 2.35. The van der Waals surface area contributed by atoms with E-state index in [1.807, 2.05) is 0 Å². The molecule has 0 aromatic heterocycles. The highest BCUT2D eigenvalue weighted by Crippen LogP contribution is 2.45. The number of unbranched alkanes of at least 4 members (excludes halogenated alkanes) is 2. The Bertz CT molecular complexity index is 640. The summed E-state index contributed by atoms with van der Waals surface area (Å²) in [6.45, 7) is 2.26. The zero-order chi connectivity index (χ0) is 20.1. The Labute approximate surface area is 167 Å². The zero-order valence-corrected chi connectivity index (χ0v) is 17.0. The third kappa shape index (κ3) is 5.09. The summed E-state index contributed by atoms with van der Waals surface area (Å²) in [5.41, 5.74) is -0.452. The lowest BCUT2D eigenvalue weighted by Gasteiger charge is -2.38. The minimum Gasteiger partial charge on any atom is -0.258 e. The largest absolute Gasteiger partial charge is 0.340 e. The van der Waals surface area contributed by atoms with Crippen molar-refractivity contribution in [1.29, 1.82) is 0 Å². The van der Waals surface area contributed by atoms with Gasteiger partial charge in [0.2, 0.25) is 11.6 Å². The van der Waals surface area contributed by atoms with Gasteiger partial charge in [-0.1, -0.05) is 45.4 Å². The highest BCUT2D eigenvalue weighted by Gasteiger charge is 2.32. The van der Waals surface area contributed by atoms with Gasteiger partial charge in [0, 0.05) is 0 Å². The monoisotopic (exact) mass is 393 g/mol. The van der Waals surface area contributed by atoms with Crippen molar-refractivity contribution in [3.8, 4) is 0 Å². The van der Waals surface area contributed by atoms with Crippen LogP contribution in [-0.2, 0) is 0 Å². The summed E-state index contributed by atoms with van der Waals surface area (Å²) in [4.78, 5) is 9.79. The van der Waals surface area contributed by atoms with Crippen molar-refractivity contribution >= 4 is 5.69 Å². The fourth-order valence-electron chi connectivity index (χ4n) is 5.55. The second kappa shape index (κ2) is 9.80. The maximum atomic E-state index is 14.0. The average molecular weight is 394 g/mol. The molecule has 2 aliphatic carbocycles. The zero-order valence-electron chi connectivity index (χ0n) is 17.0. The van der Waals surface area contributed by atoms with Crippen LogP contribution in [0.3, 0.4) is 0 Å². The molecule has 0 atom stereocenters. The van der Waals surface area contributed by atoms with Crippen LogP contribution in [0.15, 0.2) is 12.1 Å². The van der Waals surface area contributed by atoms with Crippen LogP contribution in [0.25, 0.3) is 0 Å². The number of nitro groups is 1. The third-order valence-electron chi connectivity index (χ3n) is 7.24. The minimum atomic E-state index is -1.05. The smallest absolute Gasteiger partial charge is 0.258 e. The second-order valence-corrected chi connectivity index (χ2v) is 8.98. The van der Waals surface area contributed by atoms with Gasteiger partial charge in [0.25, 0.3) is 0 Å². The number of hydrogen-bond donors (Lipinski definition) is 0.